The first-order valence-electron chi connectivity index (χ1n) is 9.14. The third-order valence-electron chi connectivity index (χ3n) is 6.47. The molecule has 0 N–H and O–H groups in total. The number of rotatable bonds is 5. The fraction of sp³-hybridized carbons (Fsp3) is 1.00. The van der Waals surface area contributed by atoms with Crippen molar-refractivity contribution in [1.29, 1.82) is 0 Å². The van der Waals surface area contributed by atoms with Gasteiger partial charge in [0.2, 0.25) is 0 Å². The second-order valence-electron chi connectivity index (χ2n) is 7.76. The molecule has 2 nitrogen and oxygen atoms in total. The third kappa shape index (κ3) is 3.83. The van der Waals surface area contributed by atoms with Crippen LogP contribution in [0.1, 0.15) is 85.0 Å². The standard InChI is InChI=1S/C18H34O2S/c1-4-6-15-7-9-16(10-8-15)17-11-13-18(3,14-12-17)21(19,20)5-2/h15-17H,4-14H2,1-3H3. The van der Waals surface area contributed by atoms with Crippen molar-refractivity contribution in [2.24, 2.45) is 17.8 Å². The predicted octanol–water partition coefficient (Wildman–Crippen LogP) is 4.98. The molecule has 0 amide bonds. The maximum absolute atomic E-state index is 12.3. The maximum Gasteiger partial charge on any atom is 0.155 e. The van der Waals surface area contributed by atoms with Gasteiger partial charge in [-0.05, 0) is 63.2 Å². The summed E-state index contributed by atoms with van der Waals surface area (Å²) in [6, 6.07) is 0. The van der Waals surface area contributed by atoms with Crippen LogP contribution in [0.4, 0.5) is 0 Å². The molecular formula is C18H34O2S. The van der Waals surface area contributed by atoms with E-state index in [0.717, 1.165) is 43.4 Å². The van der Waals surface area contributed by atoms with Gasteiger partial charge in [0.25, 0.3) is 0 Å². The molecular weight excluding hydrogens is 280 g/mol. The molecule has 124 valence electrons. The Morgan fingerprint density at radius 3 is 1.90 bits per heavy atom. The van der Waals surface area contributed by atoms with E-state index in [1.807, 2.05) is 6.92 Å². The second-order valence-corrected chi connectivity index (χ2v) is 10.6. The molecule has 0 aromatic carbocycles. The molecule has 0 saturated heterocycles. The average molecular weight is 315 g/mol. The van der Waals surface area contributed by atoms with Gasteiger partial charge in [0, 0.05) is 5.75 Å². The van der Waals surface area contributed by atoms with Gasteiger partial charge in [0.1, 0.15) is 0 Å². The van der Waals surface area contributed by atoms with E-state index in [0.29, 0.717) is 5.75 Å². The van der Waals surface area contributed by atoms with Gasteiger partial charge in [-0.2, -0.15) is 0 Å². The highest BCUT2D eigenvalue weighted by Gasteiger charge is 2.42. The van der Waals surface area contributed by atoms with E-state index >= 15 is 0 Å². The molecule has 0 aromatic rings. The maximum atomic E-state index is 12.3. The quantitative estimate of drug-likeness (QED) is 0.717. The zero-order chi connectivity index (χ0) is 15.5. The topological polar surface area (TPSA) is 34.1 Å². The predicted molar refractivity (Wildman–Crippen MR) is 90.2 cm³/mol. The van der Waals surface area contributed by atoms with E-state index < -0.39 is 14.6 Å². The van der Waals surface area contributed by atoms with Gasteiger partial charge in [-0.1, -0.05) is 39.5 Å². The molecule has 0 radical (unpaired) electrons. The highest BCUT2D eigenvalue weighted by atomic mass is 32.2. The molecule has 0 atom stereocenters. The lowest BCUT2D eigenvalue weighted by Crippen LogP contribution is -2.41. The van der Waals surface area contributed by atoms with E-state index in [9.17, 15) is 8.42 Å². The lowest BCUT2D eigenvalue weighted by atomic mass is 9.69. The first-order chi connectivity index (χ1) is 9.92. The first kappa shape index (κ1) is 17.3. The van der Waals surface area contributed by atoms with Crippen molar-refractivity contribution in [1.82, 2.24) is 0 Å². The second kappa shape index (κ2) is 7.02. The summed E-state index contributed by atoms with van der Waals surface area (Å²) >= 11 is 0. The van der Waals surface area contributed by atoms with Crippen molar-refractivity contribution in [2.75, 3.05) is 5.75 Å². The summed E-state index contributed by atoms with van der Waals surface area (Å²) in [5.74, 6) is 2.95. The summed E-state index contributed by atoms with van der Waals surface area (Å²) in [6.45, 7) is 6.07. The van der Waals surface area contributed by atoms with Crippen molar-refractivity contribution >= 4 is 9.84 Å². The Kier molecular flexibility index (Phi) is 5.78. The molecule has 0 spiro atoms. The molecule has 2 rings (SSSR count). The molecule has 0 unspecified atom stereocenters. The smallest absolute Gasteiger partial charge is 0.155 e. The SMILES string of the molecule is CCCC1CCC(C2CCC(C)(S(=O)(=O)CC)CC2)CC1. The van der Waals surface area contributed by atoms with Crippen LogP contribution in [-0.4, -0.2) is 18.9 Å². The summed E-state index contributed by atoms with van der Waals surface area (Å²) in [5.41, 5.74) is 0. The molecule has 0 bridgehead atoms. The van der Waals surface area contributed by atoms with Gasteiger partial charge in [0.15, 0.2) is 9.84 Å². The third-order valence-corrected chi connectivity index (χ3v) is 9.14. The fourth-order valence-corrected chi connectivity index (χ4v) is 6.29. The van der Waals surface area contributed by atoms with Crippen molar-refractivity contribution in [3.8, 4) is 0 Å². The van der Waals surface area contributed by atoms with Gasteiger partial charge in [-0.15, -0.1) is 0 Å². The number of sulfone groups is 1. The van der Waals surface area contributed by atoms with Crippen molar-refractivity contribution in [3.05, 3.63) is 0 Å². The normalized spacial score (nSPS) is 38.3. The van der Waals surface area contributed by atoms with Gasteiger partial charge >= 0.3 is 0 Å². The molecule has 2 fully saturated rings. The van der Waals surface area contributed by atoms with Crippen LogP contribution in [0.2, 0.25) is 0 Å². The first-order valence-corrected chi connectivity index (χ1v) is 10.8. The highest BCUT2D eigenvalue weighted by Crippen LogP contribution is 2.45. The van der Waals surface area contributed by atoms with Crippen LogP contribution in [0.25, 0.3) is 0 Å². The van der Waals surface area contributed by atoms with Gasteiger partial charge in [0.05, 0.1) is 4.75 Å². The van der Waals surface area contributed by atoms with Gasteiger partial charge < -0.3 is 0 Å². The molecule has 2 saturated carbocycles. The Morgan fingerprint density at radius 2 is 1.43 bits per heavy atom. The minimum atomic E-state index is -2.89. The van der Waals surface area contributed by atoms with E-state index in [-0.39, 0.29) is 0 Å². The van der Waals surface area contributed by atoms with E-state index in [1.54, 1.807) is 6.92 Å². The summed E-state index contributed by atoms with van der Waals surface area (Å²) < 4.78 is 24.1. The molecule has 2 aliphatic carbocycles. The Balaban J connectivity index is 1.85. The zero-order valence-electron chi connectivity index (χ0n) is 14.2. The average Bonchev–Trinajstić information content (AvgIpc) is 2.49. The minimum Gasteiger partial charge on any atom is -0.228 e. The molecule has 3 heteroatoms. The Bertz CT molecular complexity index is 410. The number of hydrogen-bond donors (Lipinski definition) is 0. The van der Waals surface area contributed by atoms with Gasteiger partial charge in [-0.3, -0.25) is 0 Å². The van der Waals surface area contributed by atoms with Gasteiger partial charge in [-0.25, -0.2) is 8.42 Å². The van der Waals surface area contributed by atoms with Crippen LogP contribution in [0.3, 0.4) is 0 Å². The molecule has 0 heterocycles. The van der Waals surface area contributed by atoms with Crippen LogP contribution >= 0.6 is 0 Å². The van der Waals surface area contributed by atoms with Crippen LogP contribution < -0.4 is 0 Å². The summed E-state index contributed by atoms with van der Waals surface area (Å²) in [5, 5.41) is 0. The van der Waals surface area contributed by atoms with Crippen LogP contribution in [0.15, 0.2) is 0 Å². The lowest BCUT2D eigenvalue weighted by molar-refractivity contribution is 0.152. The summed E-state index contributed by atoms with van der Waals surface area (Å²) in [4.78, 5) is 0. The van der Waals surface area contributed by atoms with Crippen LogP contribution in [-0.2, 0) is 9.84 Å². The van der Waals surface area contributed by atoms with Crippen LogP contribution in [0, 0.1) is 17.8 Å². The molecule has 21 heavy (non-hydrogen) atoms. The van der Waals surface area contributed by atoms with E-state index in [4.69, 9.17) is 0 Å². The summed E-state index contributed by atoms with van der Waals surface area (Å²) in [6.07, 6.45) is 12.4. The van der Waals surface area contributed by atoms with E-state index in [2.05, 4.69) is 6.92 Å². The monoisotopic (exact) mass is 314 g/mol. The largest absolute Gasteiger partial charge is 0.228 e. The van der Waals surface area contributed by atoms with Crippen molar-refractivity contribution < 1.29 is 8.42 Å². The Labute approximate surface area is 132 Å². The number of hydrogen-bond acceptors (Lipinski definition) is 2. The minimum absolute atomic E-state index is 0.302. The lowest BCUT2D eigenvalue weighted by Gasteiger charge is -2.41. The fourth-order valence-electron chi connectivity index (χ4n) is 4.74. The molecule has 0 aliphatic heterocycles. The highest BCUT2D eigenvalue weighted by molar-refractivity contribution is 7.92. The molecule has 2 aliphatic rings. The van der Waals surface area contributed by atoms with E-state index in [1.165, 1.54) is 38.5 Å². The molecule has 0 aromatic heterocycles. The van der Waals surface area contributed by atoms with Crippen LogP contribution in [0.5, 0.6) is 0 Å². The Morgan fingerprint density at radius 1 is 0.905 bits per heavy atom. The summed E-state index contributed by atoms with van der Waals surface area (Å²) in [7, 11) is -2.89. The van der Waals surface area contributed by atoms with Crippen molar-refractivity contribution in [3.63, 3.8) is 0 Å². The Hall–Kier alpha value is -0.0500. The zero-order valence-corrected chi connectivity index (χ0v) is 15.1. The van der Waals surface area contributed by atoms with Crippen molar-refractivity contribution in [2.45, 2.75) is 89.7 Å².